The molecule has 1 aromatic heterocycles. The lowest BCUT2D eigenvalue weighted by Crippen LogP contribution is -2.09. The van der Waals surface area contributed by atoms with E-state index in [2.05, 4.69) is 9.97 Å². The summed E-state index contributed by atoms with van der Waals surface area (Å²) in [6, 6.07) is 2.16. The SMILES string of the molecule is Cc1nc(-c2cc(F)ccc2C(F)(F)F)nc(Cl)c1I. The number of benzene rings is 1. The molecule has 0 saturated heterocycles. The van der Waals surface area contributed by atoms with Crippen LogP contribution in [-0.2, 0) is 6.18 Å². The van der Waals surface area contributed by atoms with E-state index in [1.165, 1.54) is 0 Å². The quantitative estimate of drug-likeness (QED) is 0.377. The van der Waals surface area contributed by atoms with Crippen LogP contribution >= 0.6 is 34.2 Å². The van der Waals surface area contributed by atoms with E-state index >= 15 is 0 Å². The average molecular weight is 417 g/mol. The Bertz CT molecular complexity index is 650. The van der Waals surface area contributed by atoms with Crippen molar-refractivity contribution in [3.63, 3.8) is 0 Å². The van der Waals surface area contributed by atoms with Crippen LogP contribution in [0.2, 0.25) is 5.15 Å². The summed E-state index contributed by atoms with van der Waals surface area (Å²) in [5.41, 5.74) is -1.01. The summed E-state index contributed by atoms with van der Waals surface area (Å²) in [5, 5.41) is 0.0329. The number of halogens is 6. The summed E-state index contributed by atoms with van der Waals surface area (Å²) in [4.78, 5) is 7.75. The summed E-state index contributed by atoms with van der Waals surface area (Å²) in [6.07, 6.45) is -4.63. The molecule has 0 fully saturated rings. The first-order valence-corrected chi connectivity index (χ1v) is 6.72. The van der Waals surface area contributed by atoms with Gasteiger partial charge in [-0.1, -0.05) is 11.6 Å². The molecule has 1 aromatic carbocycles. The maximum atomic E-state index is 13.2. The minimum absolute atomic E-state index is 0.0329. The lowest BCUT2D eigenvalue weighted by molar-refractivity contribution is -0.137. The molecule has 0 unspecified atom stereocenters. The fourth-order valence-corrected chi connectivity index (χ4v) is 2.05. The molecule has 0 spiro atoms. The minimum atomic E-state index is -4.63. The van der Waals surface area contributed by atoms with Crippen LogP contribution in [0.1, 0.15) is 11.3 Å². The highest BCUT2D eigenvalue weighted by Crippen LogP contribution is 2.37. The largest absolute Gasteiger partial charge is 0.417 e. The Morgan fingerprint density at radius 3 is 2.40 bits per heavy atom. The van der Waals surface area contributed by atoms with E-state index < -0.39 is 23.1 Å². The van der Waals surface area contributed by atoms with Gasteiger partial charge in [0, 0.05) is 5.56 Å². The lowest BCUT2D eigenvalue weighted by Gasteiger charge is -2.13. The maximum absolute atomic E-state index is 13.2. The van der Waals surface area contributed by atoms with Crippen LogP contribution in [0.25, 0.3) is 11.4 Å². The van der Waals surface area contributed by atoms with Crippen molar-refractivity contribution in [3.05, 3.63) is 44.0 Å². The Kier molecular flexibility index (Phi) is 4.19. The van der Waals surface area contributed by atoms with Gasteiger partial charge in [0.1, 0.15) is 11.0 Å². The highest BCUT2D eigenvalue weighted by Gasteiger charge is 2.34. The van der Waals surface area contributed by atoms with Crippen LogP contribution in [0.4, 0.5) is 17.6 Å². The summed E-state index contributed by atoms with van der Waals surface area (Å²) >= 11 is 7.73. The van der Waals surface area contributed by atoms with Crippen LogP contribution in [0, 0.1) is 16.3 Å². The lowest BCUT2D eigenvalue weighted by atomic mass is 10.1. The predicted octanol–water partition coefficient (Wildman–Crippen LogP) is 4.87. The fraction of sp³-hybridized carbons (Fsp3) is 0.167. The normalized spacial score (nSPS) is 11.8. The highest BCUT2D eigenvalue weighted by molar-refractivity contribution is 14.1. The van der Waals surface area contributed by atoms with E-state index in [4.69, 9.17) is 11.6 Å². The third-order valence-corrected chi connectivity index (χ3v) is 4.39. The van der Waals surface area contributed by atoms with Crippen LogP contribution in [0.15, 0.2) is 18.2 Å². The number of alkyl halides is 3. The second-order valence-electron chi connectivity index (χ2n) is 3.93. The topological polar surface area (TPSA) is 25.8 Å². The first-order chi connectivity index (χ1) is 9.20. The van der Waals surface area contributed by atoms with Crippen molar-refractivity contribution in [1.29, 1.82) is 0 Å². The Hall–Kier alpha value is -0.960. The van der Waals surface area contributed by atoms with Gasteiger partial charge in [-0.15, -0.1) is 0 Å². The summed E-state index contributed by atoms with van der Waals surface area (Å²) < 4.78 is 52.6. The molecule has 0 radical (unpaired) electrons. The molecule has 8 heteroatoms. The second kappa shape index (κ2) is 5.44. The van der Waals surface area contributed by atoms with Gasteiger partial charge in [0.05, 0.1) is 14.8 Å². The van der Waals surface area contributed by atoms with Crippen LogP contribution in [0.3, 0.4) is 0 Å². The van der Waals surface area contributed by atoms with Gasteiger partial charge in [0.2, 0.25) is 0 Å². The molecule has 2 rings (SSSR count). The van der Waals surface area contributed by atoms with Crippen molar-refractivity contribution in [2.24, 2.45) is 0 Å². The highest BCUT2D eigenvalue weighted by atomic mass is 127. The van der Waals surface area contributed by atoms with Gasteiger partial charge >= 0.3 is 6.18 Å². The monoisotopic (exact) mass is 416 g/mol. The van der Waals surface area contributed by atoms with E-state index in [-0.39, 0.29) is 11.0 Å². The molecule has 0 aliphatic heterocycles. The van der Waals surface area contributed by atoms with E-state index in [1.807, 2.05) is 22.6 Å². The summed E-state index contributed by atoms with van der Waals surface area (Å²) in [6.45, 7) is 1.59. The Balaban J connectivity index is 2.72. The van der Waals surface area contributed by atoms with Crippen LogP contribution in [-0.4, -0.2) is 9.97 Å². The third kappa shape index (κ3) is 3.03. The Morgan fingerprint density at radius 1 is 1.20 bits per heavy atom. The molecule has 106 valence electrons. The standard InChI is InChI=1S/C12H6ClF4IN2/c1-5-9(18)10(13)20-11(19-5)7-4-6(14)2-3-8(7)12(15,16)17/h2-4H,1H3. The molecule has 2 aromatic rings. The number of nitrogens with zero attached hydrogens (tertiary/aromatic N) is 2. The summed E-state index contributed by atoms with van der Waals surface area (Å²) in [5.74, 6) is -1.05. The molecule has 0 atom stereocenters. The number of hydrogen-bond acceptors (Lipinski definition) is 2. The zero-order valence-corrected chi connectivity index (χ0v) is 12.8. The van der Waals surface area contributed by atoms with Crippen LogP contribution in [0.5, 0.6) is 0 Å². The smallest absolute Gasteiger partial charge is 0.232 e. The predicted molar refractivity (Wildman–Crippen MR) is 74.9 cm³/mol. The molecule has 0 N–H and O–H groups in total. The first kappa shape index (κ1) is 15.4. The zero-order valence-electron chi connectivity index (χ0n) is 9.89. The van der Waals surface area contributed by atoms with Gasteiger partial charge in [-0.2, -0.15) is 13.2 Å². The molecule has 0 aliphatic carbocycles. The first-order valence-electron chi connectivity index (χ1n) is 5.27. The third-order valence-electron chi connectivity index (χ3n) is 2.50. The van der Waals surface area contributed by atoms with E-state index in [1.54, 1.807) is 6.92 Å². The Morgan fingerprint density at radius 2 is 1.85 bits per heavy atom. The maximum Gasteiger partial charge on any atom is 0.417 e. The van der Waals surface area contributed by atoms with Crippen molar-refractivity contribution in [2.45, 2.75) is 13.1 Å². The fourth-order valence-electron chi connectivity index (χ4n) is 1.59. The van der Waals surface area contributed by atoms with Gasteiger partial charge in [0.25, 0.3) is 0 Å². The molecule has 2 nitrogen and oxygen atoms in total. The molecule has 0 saturated carbocycles. The number of aryl methyl sites for hydroxylation is 1. The number of aromatic nitrogens is 2. The van der Waals surface area contributed by atoms with Gasteiger partial charge in [-0.3, -0.25) is 0 Å². The molecule has 20 heavy (non-hydrogen) atoms. The van der Waals surface area contributed by atoms with Crippen molar-refractivity contribution < 1.29 is 17.6 Å². The van der Waals surface area contributed by atoms with E-state index in [9.17, 15) is 17.6 Å². The van der Waals surface area contributed by atoms with Crippen molar-refractivity contribution in [2.75, 3.05) is 0 Å². The molecule has 0 aliphatic rings. The molecule has 0 amide bonds. The molecule has 1 heterocycles. The van der Waals surface area contributed by atoms with Gasteiger partial charge in [-0.05, 0) is 47.7 Å². The van der Waals surface area contributed by atoms with Crippen LogP contribution < -0.4 is 0 Å². The molecule has 0 bridgehead atoms. The molecular weight excluding hydrogens is 410 g/mol. The average Bonchev–Trinajstić information content (AvgIpc) is 2.33. The van der Waals surface area contributed by atoms with Gasteiger partial charge < -0.3 is 0 Å². The van der Waals surface area contributed by atoms with E-state index in [0.717, 1.165) is 12.1 Å². The second-order valence-corrected chi connectivity index (χ2v) is 5.36. The number of hydrogen-bond donors (Lipinski definition) is 0. The minimum Gasteiger partial charge on any atom is -0.232 e. The number of rotatable bonds is 1. The van der Waals surface area contributed by atoms with E-state index in [0.29, 0.717) is 15.3 Å². The molecular formula is C12H6ClF4IN2. The van der Waals surface area contributed by atoms with Crippen molar-refractivity contribution in [1.82, 2.24) is 9.97 Å². The van der Waals surface area contributed by atoms with Crippen molar-refractivity contribution in [3.8, 4) is 11.4 Å². The van der Waals surface area contributed by atoms with Gasteiger partial charge in [0.15, 0.2) is 5.82 Å². The Labute approximate surface area is 130 Å². The van der Waals surface area contributed by atoms with Gasteiger partial charge in [-0.25, -0.2) is 14.4 Å². The zero-order chi connectivity index (χ0) is 15.1. The summed E-state index contributed by atoms with van der Waals surface area (Å²) in [7, 11) is 0. The van der Waals surface area contributed by atoms with Crippen molar-refractivity contribution >= 4 is 34.2 Å².